The smallest absolute Gasteiger partial charge is 0.123 e. The minimum Gasteiger partial charge on any atom is -0.496 e. The number of halogens is 1. The Labute approximate surface area is 179 Å². The van der Waals surface area contributed by atoms with Crippen molar-refractivity contribution >= 4 is 0 Å². The van der Waals surface area contributed by atoms with Gasteiger partial charge in [0.15, 0.2) is 0 Å². The lowest BCUT2D eigenvalue weighted by molar-refractivity contribution is 0.0338. The Kier molecular flexibility index (Phi) is 7.37. The molecule has 2 fully saturated rings. The van der Waals surface area contributed by atoms with E-state index in [4.69, 9.17) is 9.47 Å². The summed E-state index contributed by atoms with van der Waals surface area (Å²) in [5.74, 6) is 0.803. The number of benzene rings is 2. The summed E-state index contributed by atoms with van der Waals surface area (Å²) in [4.78, 5) is 4.95. The number of hydrogen-bond donors (Lipinski definition) is 0. The van der Waals surface area contributed by atoms with Crippen molar-refractivity contribution in [3.63, 3.8) is 0 Å². The molecule has 0 radical (unpaired) electrons. The summed E-state index contributed by atoms with van der Waals surface area (Å²) in [6.45, 7) is 6.32. The third-order valence-corrected chi connectivity index (χ3v) is 6.33. The fourth-order valence-electron chi connectivity index (χ4n) is 4.74. The third-order valence-electron chi connectivity index (χ3n) is 6.33. The number of nitrogens with zero attached hydrogens (tertiary/aromatic N) is 2. The molecule has 2 heterocycles. The highest BCUT2D eigenvalue weighted by molar-refractivity contribution is 5.37. The highest BCUT2D eigenvalue weighted by atomic mass is 19.1. The van der Waals surface area contributed by atoms with Crippen LogP contribution in [0.1, 0.15) is 48.4 Å². The van der Waals surface area contributed by atoms with Gasteiger partial charge in [-0.05, 0) is 54.8 Å². The molecule has 30 heavy (non-hydrogen) atoms. The summed E-state index contributed by atoms with van der Waals surface area (Å²) in [6, 6.07) is 14.0. The van der Waals surface area contributed by atoms with Crippen LogP contribution in [0.3, 0.4) is 0 Å². The van der Waals surface area contributed by atoms with E-state index >= 15 is 0 Å². The summed E-state index contributed by atoms with van der Waals surface area (Å²) < 4.78 is 25.0. The maximum atomic E-state index is 13.9. The minimum atomic E-state index is -0.144. The molecule has 2 aromatic carbocycles. The Morgan fingerprint density at radius 2 is 1.87 bits per heavy atom. The van der Waals surface area contributed by atoms with Crippen molar-refractivity contribution in [2.75, 3.05) is 40.0 Å². The average Bonchev–Trinajstić information content (AvgIpc) is 3.00. The quantitative estimate of drug-likeness (QED) is 0.681. The topological polar surface area (TPSA) is 24.9 Å². The van der Waals surface area contributed by atoms with E-state index in [1.165, 1.54) is 36.5 Å². The molecule has 0 N–H and O–H groups in total. The van der Waals surface area contributed by atoms with Gasteiger partial charge in [-0.15, -0.1) is 0 Å². The molecule has 4 rings (SSSR count). The normalized spacial score (nSPS) is 21.3. The van der Waals surface area contributed by atoms with Crippen molar-refractivity contribution in [1.82, 2.24) is 9.80 Å². The van der Waals surface area contributed by atoms with Crippen molar-refractivity contribution < 1.29 is 13.9 Å². The SMILES string of the molecule is COc1ccc(CN2CCCCC[C@H]2c2cccc(F)c2)cc1CN1CCOCC1. The fourth-order valence-corrected chi connectivity index (χ4v) is 4.74. The van der Waals surface area contributed by atoms with E-state index in [9.17, 15) is 4.39 Å². The van der Waals surface area contributed by atoms with Crippen LogP contribution in [0.2, 0.25) is 0 Å². The lowest BCUT2D eigenvalue weighted by Gasteiger charge is -2.31. The number of methoxy groups -OCH3 is 1. The molecule has 0 saturated carbocycles. The predicted molar refractivity (Wildman–Crippen MR) is 117 cm³/mol. The van der Waals surface area contributed by atoms with Crippen LogP contribution in [0.5, 0.6) is 5.75 Å². The highest BCUT2D eigenvalue weighted by Crippen LogP contribution is 2.32. The van der Waals surface area contributed by atoms with Crippen LogP contribution in [-0.4, -0.2) is 49.8 Å². The van der Waals surface area contributed by atoms with Gasteiger partial charge in [0.1, 0.15) is 11.6 Å². The van der Waals surface area contributed by atoms with E-state index in [2.05, 4.69) is 34.1 Å². The average molecular weight is 413 g/mol. The number of rotatable bonds is 6. The molecule has 2 aliphatic heterocycles. The monoisotopic (exact) mass is 412 g/mol. The van der Waals surface area contributed by atoms with Gasteiger partial charge < -0.3 is 9.47 Å². The molecule has 2 aliphatic rings. The first kappa shape index (κ1) is 21.3. The number of likely N-dealkylation sites (tertiary alicyclic amines) is 1. The Balaban J connectivity index is 1.54. The lowest BCUT2D eigenvalue weighted by Crippen LogP contribution is -2.35. The summed E-state index contributed by atoms with van der Waals surface area (Å²) in [6.07, 6.45) is 4.72. The second kappa shape index (κ2) is 10.4. The van der Waals surface area contributed by atoms with Crippen LogP contribution in [0.4, 0.5) is 4.39 Å². The maximum Gasteiger partial charge on any atom is 0.123 e. The van der Waals surface area contributed by atoms with E-state index in [0.717, 1.165) is 63.7 Å². The maximum absolute atomic E-state index is 13.9. The molecule has 5 heteroatoms. The zero-order valence-corrected chi connectivity index (χ0v) is 18.0. The van der Waals surface area contributed by atoms with Gasteiger partial charge in [0.25, 0.3) is 0 Å². The van der Waals surface area contributed by atoms with E-state index in [0.29, 0.717) is 0 Å². The zero-order chi connectivity index (χ0) is 20.8. The first-order valence-electron chi connectivity index (χ1n) is 11.2. The van der Waals surface area contributed by atoms with Crippen molar-refractivity contribution in [3.05, 3.63) is 65.0 Å². The molecular weight excluding hydrogens is 379 g/mol. The standard InChI is InChI=1S/C25H33FN2O2/c1-29-25-10-9-20(16-22(25)19-27-12-14-30-15-13-27)18-28-11-4-2-3-8-24(28)21-6-5-7-23(26)17-21/h5-7,9-10,16-17,24H,2-4,8,11-15,18-19H2,1H3/t24-/m0/s1. The first-order chi connectivity index (χ1) is 14.7. The van der Waals surface area contributed by atoms with Gasteiger partial charge in [0.2, 0.25) is 0 Å². The summed E-state index contributed by atoms with van der Waals surface area (Å²) in [7, 11) is 1.74. The molecule has 0 unspecified atom stereocenters. The third kappa shape index (κ3) is 5.39. The summed E-state index contributed by atoms with van der Waals surface area (Å²) in [5.41, 5.74) is 3.62. The predicted octanol–water partition coefficient (Wildman–Crippen LogP) is 4.78. The fraction of sp³-hybridized carbons (Fsp3) is 0.520. The molecule has 0 aromatic heterocycles. The summed E-state index contributed by atoms with van der Waals surface area (Å²) >= 11 is 0. The Morgan fingerprint density at radius 3 is 2.67 bits per heavy atom. The molecular formula is C25H33FN2O2. The molecule has 162 valence electrons. The van der Waals surface area contributed by atoms with Gasteiger partial charge >= 0.3 is 0 Å². The van der Waals surface area contributed by atoms with Gasteiger partial charge in [0.05, 0.1) is 20.3 Å². The minimum absolute atomic E-state index is 0.144. The van der Waals surface area contributed by atoms with Crippen molar-refractivity contribution in [3.8, 4) is 5.75 Å². The highest BCUT2D eigenvalue weighted by Gasteiger charge is 2.23. The molecule has 2 saturated heterocycles. The molecule has 0 spiro atoms. The number of morpholine rings is 1. The first-order valence-corrected chi connectivity index (χ1v) is 11.2. The van der Waals surface area contributed by atoms with Crippen LogP contribution >= 0.6 is 0 Å². The molecule has 4 nitrogen and oxygen atoms in total. The Hall–Kier alpha value is -1.95. The second-order valence-corrected chi connectivity index (χ2v) is 8.43. The molecule has 1 atom stereocenters. The van der Waals surface area contributed by atoms with E-state index in [1.807, 2.05) is 6.07 Å². The molecule has 0 bridgehead atoms. The lowest BCUT2D eigenvalue weighted by atomic mass is 9.99. The van der Waals surface area contributed by atoms with Gasteiger partial charge in [-0.2, -0.15) is 0 Å². The second-order valence-electron chi connectivity index (χ2n) is 8.43. The largest absolute Gasteiger partial charge is 0.496 e. The molecule has 2 aromatic rings. The Bertz CT molecular complexity index is 823. The van der Waals surface area contributed by atoms with E-state index < -0.39 is 0 Å². The van der Waals surface area contributed by atoms with Gasteiger partial charge in [-0.1, -0.05) is 31.0 Å². The van der Waals surface area contributed by atoms with Crippen LogP contribution < -0.4 is 4.74 Å². The van der Waals surface area contributed by atoms with Crippen molar-refractivity contribution in [1.29, 1.82) is 0 Å². The van der Waals surface area contributed by atoms with Crippen LogP contribution in [0.25, 0.3) is 0 Å². The van der Waals surface area contributed by atoms with Crippen LogP contribution in [0, 0.1) is 5.82 Å². The molecule has 0 aliphatic carbocycles. The zero-order valence-electron chi connectivity index (χ0n) is 18.0. The van der Waals surface area contributed by atoms with E-state index in [1.54, 1.807) is 13.2 Å². The van der Waals surface area contributed by atoms with Crippen LogP contribution in [0.15, 0.2) is 42.5 Å². The number of ether oxygens (including phenoxy) is 2. The van der Waals surface area contributed by atoms with Crippen molar-refractivity contribution in [2.24, 2.45) is 0 Å². The van der Waals surface area contributed by atoms with E-state index in [-0.39, 0.29) is 11.9 Å². The van der Waals surface area contributed by atoms with Gasteiger partial charge in [0, 0.05) is 37.8 Å². The number of hydrogen-bond acceptors (Lipinski definition) is 4. The summed E-state index contributed by atoms with van der Waals surface area (Å²) in [5, 5.41) is 0. The Morgan fingerprint density at radius 1 is 1.00 bits per heavy atom. The van der Waals surface area contributed by atoms with Gasteiger partial charge in [-0.3, -0.25) is 9.80 Å². The molecule has 0 amide bonds. The van der Waals surface area contributed by atoms with Crippen molar-refractivity contribution in [2.45, 2.75) is 44.8 Å². The van der Waals surface area contributed by atoms with Crippen LogP contribution in [-0.2, 0) is 17.8 Å². The van der Waals surface area contributed by atoms with Gasteiger partial charge in [-0.25, -0.2) is 4.39 Å².